The highest BCUT2D eigenvalue weighted by Crippen LogP contribution is 2.31. The van der Waals surface area contributed by atoms with Gasteiger partial charge in [-0.25, -0.2) is 9.59 Å². The summed E-state index contributed by atoms with van der Waals surface area (Å²) in [6.45, 7) is 8.60. The summed E-state index contributed by atoms with van der Waals surface area (Å²) in [7, 11) is 1.09. The van der Waals surface area contributed by atoms with Gasteiger partial charge < -0.3 is 19.1 Å². The summed E-state index contributed by atoms with van der Waals surface area (Å²) < 4.78 is 52.2. The summed E-state index contributed by atoms with van der Waals surface area (Å²) in [6, 6.07) is 11.4. The Morgan fingerprint density at radius 1 is 0.943 bits per heavy atom. The Labute approximate surface area is 202 Å². The zero-order valence-electron chi connectivity index (χ0n) is 20.1. The molecule has 0 bridgehead atoms. The van der Waals surface area contributed by atoms with Crippen LogP contribution in [0.25, 0.3) is 11.1 Å². The van der Waals surface area contributed by atoms with E-state index in [1.807, 2.05) is 45.0 Å². The molecule has 0 spiro atoms. The fourth-order valence-electron chi connectivity index (χ4n) is 3.72. The second-order valence-corrected chi connectivity index (χ2v) is 9.19. The van der Waals surface area contributed by atoms with Crippen molar-refractivity contribution in [3.8, 4) is 16.9 Å². The fraction of sp³-hybridized carbons (Fsp3) is 0.440. The molecule has 1 amide bonds. The van der Waals surface area contributed by atoms with E-state index in [4.69, 9.17) is 4.74 Å². The Balaban J connectivity index is 1.71. The molecule has 10 heteroatoms. The second kappa shape index (κ2) is 10.6. The number of carbonyl (C=O) groups excluding carboxylic acids is 2. The molecule has 1 fully saturated rings. The number of esters is 1. The maximum atomic E-state index is 12.7. The quantitative estimate of drug-likeness (QED) is 0.540. The topological polar surface area (TPSA) is 68.3 Å². The number of alkyl halides is 3. The van der Waals surface area contributed by atoms with Crippen LogP contribution in [0.4, 0.5) is 18.0 Å². The molecule has 2 aromatic carbocycles. The molecule has 0 aliphatic carbocycles. The molecule has 190 valence electrons. The molecule has 7 nitrogen and oxygen atoms in total. The third kappa shape index (κ3) is 7.61. The van der Waals surface area contributed by atoms with Crippen LogP contribution in [0.15, 0.2) is 42.5 Å². The lowest BCUT2D eigenvalue weighted by Gasteiger charge is -2.35. The van der Waals surface area contributed by atoms with E-state index in [0.717, 1.165) is 24.3 Å². The highest BCUT2D eigenvalue weighted by molar-refractivity contribution is 5.94. The largest absolute Gasteiger partial charge is 0.573 e. The molecular formula is C25H29F3N2O5. The first kappa shape index (κ1) is 26.3. The number of hydrogen-bond acceptors (Lipinski definition) is 6. The molecule has 1 saturated heterocycles. The van der Waals surface area contributed by atoms with Gasteiger partial charge in [-0.1, -0.05) is 24.3 Å². The van der Waals surface area contributed by atoms with Crippen molar-refractivity contribution in [2.24, 2.45) is 0 Å². The van der Waals surface area contributed by atoms with Gasteiger partial charge in [0, 0.05) is 32.7 Å². The third-order valence-corrected chi connectivity index (χ3v) is 5.30. The molecule has 35 heavy (non-hydrogen) atoms. The van der Waals surface area contributed by atoms with E-state index in [1.54, 1.807) is 4.90 Å². The van der Waals surface area contributed by atoms with Crippen molar-refractivity contribution in [1.82, 2.24) is 9.80 Å². The van der Waals surface area contributed by atoms with Crippen molar-refractivity contribution in [1.29, 1.82) is 0 Å². The first-order valence-corrected chi connectivity index (χ1v) is 11.1. The predicted octanol–water partition coefficient (Wildman–Crippen LogP) is 5.09. The zero-order valence-corrected chi connectivity index (χ0v) is 20.1. The summed E-state index contributed by atoms with van der Waals surface area (Å²) in [5.41, 5.74) is 1.42. The van der Waals surface area contributed by atoms with Gasteiger partial charge in [0.05, 0.1) is 7.11 Å². The molecule has 0 atom stereocenters. The molecule has 0 N–H and O–H groups in total. The van der Waals surface area contributed by atoms with Crippen LogP contribution in [-0.4, -0.2) is 67.1 Å². The van der Waals surface area contributed by atoms with E-state index in [2.05, 4.69) is 14.4 Å². The number of benzene rings is 2. The first-order valence-electron chi connectivity index (χ1n) is 11.1. The van der Waals surface area contributed by atoms with Crippen LogP contribution in [0.5, 0.6) is 5.75 Å². The summed E-state index contributed by atoms with van der Waals surface area (Å²) in [6.07, 6.45) is -5.25. The number of carbonyl (C=O) groups is 2. The number of halogens is 3. The van der Waals surface area contributed by atoms with E-state index in [9.17, 15) is 22.8 Å². The Kier molecular flexibility index (Phi) is 7.94. The van der Waals surface area contributed by atoms with Crippen molar-refractivity contribution in [3.63, 3.8) is 0 Å². The third-order valence-electron chi connectivity index (χ3n) is 5.30. The van der Waals surface area contributed by atoms with Gasteiger partial charge in [0.1, 0.15) is 16.9 Å². The number of methoxy groups -OCH3 is 1. The van der Waals surface area contributed by atoms with Crippen LogP contribution < -0.4 is 4.74 Å². The molecule has 0 aromatic heterocycles. The summed E-state index contributed by atoms with van der Waals surface area (Å²) >= 11 is 0. The van der Waals surface area contributed by atoms with Gasteiger partial charge in [0.15, 0.2) is 0 Å². The fourth-order valence-corrected chi connectivity index (χ4v) is 3.72. The normalized spacial score (nSPS) is 15.0. The summed E-state index contributed by atoms with van der Waals surface area (Å²) in [4.78, 5) is 28.2. The Morgan fingerprint density at radius 2 is 1.60 bits per heavy atom. The molecule has 1 heterocycles. The van der Waals surface area contributed by atoms with Crippen molar-refractivity contribution < 1.29 is 37.0 Å². The minimum atomic E-state index is -4.93. The zero-order chi connectivity index (χ0) is 25.8. The molecule has 3 rings (SSSR count). The average molecular weight is 495 g/mol. The van der Waals surface area contributed by atoms with Crippen molar-refractivity contribution in [3.05, 3.63) is 53.6 Å². The molecular weight excluding hydrogens is 465 g/mol. The molecule has 0 radical (unpaired) electrons. The van der Waals surface area contributed by atoms with Gasteiger partial charge >= 0.3 is 18.4 Å². The maximum absolute atomic E-state index is 12.7. The number of nitrogens with zero attached hydrogens (tertiary/aromatic N) is 2. The van der Waals surface area contributed by atoms with Crippen LogP contribution in [0.1, 0.15) is 36.7 Å². The van der Waals surface area contributed by atoms with Gasteiger partial charge in [-0.2, -0.15) is 0 Å². The monoisotopic (exact) mass is 494 g/mol. The van der Waals surface area contributed by atoms with Crippen molar-refractivity contribution in [2.45, 2.75) is 39.3 Å². The van der Waals surface area contributed by atoms with Gasteiger partial charge in [0.2, 0.25) is 0 Å². The summed E-state index contributed by atoms with van der Waals surface area (Å²) in [5.74, 6) is -1.54. The molecule has 0 unspecified atom stereocenters. The summed E-state index contributed by atoms with van der Waals surface area (Å²) in [5, 5.41) is 0. The number of piperazine rings is 1. The Hall–Kier alpha value is -3.27. The maximum Gasteiger partial charge on any atom is 0.573 e. The van der Waals surface area contributed by atoms with E-state index in [-0.39, 0.29) is 11.7 Å². The van der Waals surface area contributed by atoms with Gasteiger partial charge in [-0.3, -0.25) is 4.90 Å². The number of hydrogen-bond donors (Lipinski definition) is 0. The van der Waals surface area contributed by atoms with E-state index >= 15 is 0 Å². The van der Waals surface area contributed by atoms with Gasteiger partial charge in [0.25, 0.3) is 0 Å². The Bertz CT molecular complexity index is 1060. The molecule has 1 aliphatic rings. The van der Waals surface area contributed by atoms with Gasteiger partial charge in [-0.15, -0.1) is 13.2 Å². The Morgan fingerprint density at radius 3 is 2.20 bits per heavy atom. The number of amides is 1. The lowest BCUT2D eigenvalue weighted by molar-refractivity contribution is -0.274. The van der Waals surface area contributed by atoms with E-state index in [1.165, 1.54) is 12.1 Å². The SMILES string of the molecule is COC(=O)c1cc(-c2cccc(CN3CCN(C(=O)OC(C)(C)C)CC3)c2)ccc1OC(F)(F)F. The van der Waals surface area contributed by atoms with E-state index < -0.39 is 23.7 Å². The first-order chi connectivity index (χ1) is 16.3. The van der Waals surface area contributed by atoms with Crippen molar-refractivity contribution >= 4 is 12.1 Å². The van der Waals surface area contributed by atoms with Crippen LogP contribution >= 0.6 is 0 Å². The smallest absolute Gasteiger partial charge is 0.465 e. The van der Waals surface area contributed by atoms with Crippen molar-refractivity contribution in [2.75, 3.05) is 33.3 Å². The predicted molar refractivity (Wildman–Crippen MR) is 123 cm³/mol. The van der Waals surface area contributed by atoms with Crippen LogP contribution in [0.2, 0.25) is 0 Å². The van der Waals surface area contributed by atoms with Crippen LogP contribution in [-0.2, 0) is 16.0 Å². The second-order valence-electron chi connectivity index (χ2n) is 9.19. The highest BCUT2D eigenvalue weighted by atomic mass is 19.4. The highest BCUT2D eigenvalue weighted by Gasteiger charge is 2.33. The minimum Gasteiger partial charge on any atom is -0.465 e. The number of ether oxygens (including phenoxy) is 3. The standard InChI is InChI=1S/C25H29F3N2O5/c1-24(2,3)35-23(32)30-12-10-29(11-13-30)16-17-6-5-7-18(14-17)19-8-9-21(34-25(26,27)28)20(15-19)22(31)33-4/h5-9,14-15H,10-13,16H2,1-4H3. The molecule has 0 saturated carbocycles. The number of rotatable bonds is 5. The lowest BCUT2D eigenvalue weighted by Crippen LogP contribution is -2.49. The lowest BCUT2D eigenvalue weighted by atomic mass is 10.00. The molecule has 2 aromatic rings. The van der Waals surface area contributed by atoms with Gasteiger partial charge in [-0.05, 0) is 55.7 Å². The van der Waals surface area contributed by atoms with E-state index in [0.29, 0.717) is 38.3 Å². The van der Waals surface area contributed by atoms with Crippen LogP contribution in [0, 0.1) is 0 Å². The average Bonchev–Trinajstić information content (AvgIpc) is 2.77. The molecule has 1 aliphatic heterocycles. The van der Waals surface area contributed by atoms with Crippen LogP contribution in [0.3, 0.4) is 0 Å². The minimum absolute atomic E-state index is 0.314.